The van der Waals surface area contributed by atoms with Crippen LogP contribution in [0.1, 0.15) is 11.8 Å². The van der Waals surface area contributed by atoms with E-state index in [0.717, 1.165) is 4.88 Å². The largest absolute Gasteiger partial charge is 0.300 e. The third-order valence-electron chi connectivity index (χ3n) is 0.950. The van der Waals surface area contributed by atoms with Gasteiger partial charge in [-0.05, 0) is 19.1 Å². The van der Waals surface area contributed by atoms with Crippen molar-refractivity contribution in [2.24, 2.45) is 0 Å². The average molecular weight is 139 g/mol. The summed E-state index contributed by atoms with van der Waals surface area (Å²) in [4.78, 5) is 11.6. The maximum atomic E-state index is 10.5. The fourth-order valence-corrected chi connectivity index (χ4v) is 1.31. The molecule has 0 aliphatic heterocycles. The second-order valence-electron chi connectivity index (χ2n) is 1.90. The molecule has 0 saturated heterocycles. The van der Waals surface area contributed by atoms with Crippen LogP contribution >= 0.6 is 11.3 Å². The van der Waals surface area contributed by atoms with Gasteiger partial charge in [0, 0.05) is 16.7 Å². The molecule has 0 N–H and O–H groups in total. The summed E-state index contributed by atoms with van der Waals surface area (Å²) in [6.45, 7) is 1.60. The van der Waals surface area contributed by atoms with Gasteiger partial charge in [0.2, 0.25) is 0 Å². The molecule has 0 fully saturated rings. The molecule has 0 atom stereocenters. The van der Waals surface area contributed by atoms with E-state index in [1.165, 1.54) is 11.3 Å². The molecule has 0 aliphatic carbocycles. The van der Waals surface area contributed by atoms with Crippen molar-refractivity contribution in [1.29, 1.82) is 0 Å². The minimum absolute atomic E-state index is 0.214. The lowest BCUT2D eigenvalue weighted by Gasteiger charge is -1.86. The van der Waals surface area contributed by atoms with Crippen LogP contribution < -0.4 is 0 Å². The topological polar surface area (TPSA) is 17.1 Å². The fourth-order valence-electron chi connectivity index (χ4n) is 0.611. The van der Waals surface area contributed by atoms with E-state index in [2.05, 4.69) is 5.38 Å². The highest BCUT2D eigenvalue weighted by Crippen LogP contribution is 2.07. The summed E-state index contributed by atoms with van der Waals surface area (Å²) >= 11 is 1.51. The lowest BCUT2D eigenvalue weighted by atomic mass is 10.3. The Morgan fingerprint density at radius 2 is 2.67 bits per heavy atom. The molecule has 1 aromatic heterocycles. The first-order valence-corrected chi connectivity index (χ1v) is 3.55. The number of Topliss-reactive ketones (excluding diaryl/α,β-unsaturated/α-hetero) is 1. The van der Waals surface area contributed by atoms with Gasteiger partial charge in [0.05, 0.1) is 0 Å². The normalized spacial score (nSPS) is 9.44. The molecule has 2 heteroatoms. The zero-order chi connectivity index (χ0) is 6.69. The van der Waals surface area contributed by atoms with E-state index in [-0.39, 0.29) is 5.78 Å². The second-order valence-corrected chi connectivity index (χ2v) is 2.86. The van der Waals surface area contributed by atoms with Crippen molar-refractivity contribution >= 4 is 17.1 Å². The molecular weight excluding hydrogens is 132 g/mol. The molecule has 0 amide bonds. The summed E-state index contributed by atoms with van der Waals surface area (Å²) in [5, 5.41) is 2.92. The number of hydrogen-bond donors (Lipinski definition) is 0. The Labute approximate surface area is 58.3 Å². The summed E-state index contributed by atoms with van der Waals surface area (Å²) in [6, 6.07) is 3.76. The predicted octanol–water partition coefficient (Wildman–Crippen LogP) is 1.68. The Hall–Kier alpha value is -0.630. The van der Waals surface area contributed by atoms with Gasteiger partial charge in [-0.1, -0.05) is 0 Å². The minimum atomic E-state index is 0.214. The van der Waals surface area contributed by atoms with Crippen LogP contribution in [0.4, 0.5) is 0 Å². The Morgan fingerprint density at radius 3 is 3.11 bits per heavy atom. The molecule has 0 saturated carbocycles. The van der Waals surface area contributed by atoms with Gasteiger partial charge in [-0.15, -0.1) is 11.3 Å². The molecule has 9 heavy (non-hydrogen) atoms. The Kier molecular flexibility index (Phi) is 2.01. The van der Waals surface area contributed by atoms with E-state index in [1.807, 2.05) is 12.1 Å². The van der Waals surface area contributed by atoms with Gasteiger partial charge in [-0.2, -0.15) is 0 Å². The predicted molar refractivity (Wildman–Crippen MR) is 37.5 cm³/mol. The smallest absolute Gasteiger partial charge is 0.135 e. The third-order valence-corrected chi connectivity index (χ3v) is 1.75. The molecule has 1 radical (unpaired) electrons. The minimum Gasteiger partial charge on any atom is -0.300 e. The van der Waals surface area contributed by atoms with Crippen molar-refractivity contribution in [2.75, 3.05) is 0 Å². The first-order chi connectivity index (χ1) is 4.29. The molecule has 0 unspecified atom stereocenters. The standard InChI is InChI=1S/C7H7OS/c1-6(8)5-7-3-2-4-9-7/h2-3H,5H2,1H3. The molecule has 1 aromatic rings. The summed E-state index contributed by atoms with van der Waals surface area (Å²) in [6.07, 6.45) is 0.564. The van der Waals surface area contributed by atoms with Crippen molar-refractivity contribution < 1.29 is 4.79 Å². The van der Waals surface area contributed by atoms with E-state index >= 15 is 0 Å². The quantitative estimate of drug-likeness (QED) is 0.609. The molecule has 0 aromatic carbocycles. The van der Waals surface area contributed by atoms with E-state index in [0.29, 0.717) is 6.42 Å². The SMILES string of the molecule is CC(=O)Cc1cc[c]s1. The first kappa shape index (κ1) is 6.49. The average Bonchev–Trinajstić information content (AvgIpc) is 2.15. The van der Waals surface area contributed by atoms with Crippen molar-refractivity contribution in [3.8, 4) is 0 Å². The van der Waals surface area contributed by atoms with Crippen molar-refractivity contribution in [3.05, 3.63) is 22.4 Å². The van der Waals surface area contributed by atoms with Crippen LogP contribution in [0.25, 0.3) is 0 Å². The van der Waals surface area contributed by atoms with Crippen LogP contribution in [0, 0.1) is 5.38 Å². The lowest BCUT2D eigenvalue weighted by molar-refractivity contribution is -0.116. The number of carbonyl (C=O) groups excluding carboxylic acids is 1. The Balaban J connectivity index is 2.58. The van der Waals surface area contributed by atoms with E-state index < -0.39 is 0 Å². The number of thiophene rings is 1. The van der Waals surface area contributed by atoms with Gasteiger partial charge in [-0.25, -0.2) is 0 Å². The monoisotopic (exact) mass is 139 g/mol. The molecule has 0 bridgehead atoms. The highest BCUT2D eigenvalue weighted by Gasteiger charge is 1.95. The molecule has 0 spiro atoms. The Bertz CT molecular complexity index is 189. The van der Waals surface area contributed by atoms with Crippen molar-refractivity contribution in [3.63, 3.8) is 0 Å². The first-order valence-electron chi connectivity index (χ1n) is 2.73. The summed E-state index contributed by atoms with van der Waals surface area (Å²) in [7, 11) is 0. The highest BCUT2D eigenvalue weighted by atomic mass is 32.1. The summed E-state index contributed by atoms with van der Waals surface area (Å²) in [5.74, 6) is 0.214. The molecule has 0 aliphatic rings. The number of carbonyl (C=O) groups is 1. The molecule has 1 nitrogen and oxygen atoms in total. The van der Waals surface area contributed by atoms with Gasteiger partial charge in [0.25, 0.3) is 0 Å². The molecule has 47 valence electrons. The van der Waals surface area contributed by atoms with Crippen LogP contribution in [0.3, 0.4) is 0 Å². The fraction of sp³-hybridized carbons (Fsp3) is 0.286. The summed E-state index contributed by atoms with van der Waals surface area (Å²) in [5.41, 5.74) is 0. The molecule has 1 rings (SSSR count). The second kappa shape index (κ2) is 2.78. The van der Waals surface area contributed by atoms with E-state index in [4.69, 9.17) is 0 Å². The van der Waals surface area contributed by atoms with Gasteiger partial charge < -0.3 is 0 Å². The molecule has 1 heterocycles. The van der Waals surface area contributed by atoms with Crippen LogP contribution in [-0.2, 0) is 11.2 Å². The third kappa shape index (κ3) is 1.98. The number of hydrogen-bond acceptors (Lipinski definition) is 2. The maximum Gasteiger partial charge on any atom is 0.135 e. The summed E-state index contributed by atoms with van der Waals surface area (Å²) < 4.78 is 0. The van der Waals surface area contributed by atoms with Crippen LogP contribution in [0.2, 0.25) is 0 Å². The zero-order valence-electron chi connectivity index (χ0n) is 5.18. The maximum absolute atomic E-state index is 10.5. The van der Waals surface area contributed by atoms with Gasteiger partial charge in [-0.3, -0.25) is 4.79 Å². The zero-order valence-corrected chi connectivity index (χ0v) is 5.99. The van der Waals surface area contributed by atoms with Crippen LogP contribution in [0.15, 0.2) is 12.1 Å². The van der Waals surface area contributed by atoms with Gasteiger partial charge >= 0.3 is 0 Å². The lowest BCUT2D eigenvalue weighted by Crippen LogP contribution is -1.92. The van der Waals surface area contributed by atoms with Crippen LogP contribution in [-0.4, -0.2) is 5.78 Å². The Morgan fingerprint density at radius 1 is 1.89 bits per heavy atom. The van der Waals surface area contributed by atoms with Crippen molar-refractivity contribution in [2.45, 2.75) is 13.3 Å². The number of rotatable bonds is 2. The number of ketones is 1. The van der Waals surface area contributed by atoms with Gasteiger partial charge in [0.1, 0.15) is 5.78 Å². The van der Waals surface area contributed by atoms with E-state index in [1.54, 1.807) is 6.92 Å². The van der Waals surface area contributed by atoms with Crippen molar-refractivity contribution in [1.82, 2.24) is 0 Å². The highest BCUT2D eigenvalue weighted by molar-refractivity contribution is 7.09. The molecular formula is C7H7OS. The van der Waals surface area contributed by atoms with E-state index in [9.17, 15) is 4.79 Å². The van der Waals surface area contributed by atoms with Crippen LogP contribution in [0.5, 0.6) is 0 Å². The van der Waals surface area contributed by atoms with Gasteiger partial charge in [0.15, 0.2) is 0 Å².